The lowest BCUT2D eigenvalue weighted by Crippen LogP contribution is -2.12. The molecule has 0 aliphatic heterocycles. The van der Waals surface area contributed by atoms with Gasteiger partial charge in [0.25, 0.3) is 16.0 Å². The van der Waals surface area contributed by atoms with E-state index in [2.05, 4.69) is 15.5 Å². The highest BCUT2D eigenvalue weighted by molar-refractivity contribution is 7.86. The van der Waals surface area contributed by atoms with E-state index in [-0.39, 0.29) is 33.9 Å². The van der Waals surface area contributed by atoms with E-state index in [4.69, 9.17) is 27.9 Å². The molecule has 0 heterocycles. The highest BCUT2D eigenvalue weighted by atomic mass is 35.5. The molecule has 0 fully saturated rings. The van der Waals surface area contributed by atoms with Crippen molar-refractivity contribution in [1.29, 1.82) is 0 Å². The van der Waals surface area contributed by atoms with E-state index in [1.54, 1.807) is 49.4 Å². The Morgan fingerprint density at radius 1 is 1.03 bits per heavy atom. The standard InChI is InChI=1S/C27H23Cl2N3O6S/c1-3-15-9-19(14-23(29)26(15)39(35,36)37)31-32-24-21-8-6-5-7-16(21)10-22(25(24)33)27(34)30-18-11-17(28)12-20(13-18)38-4-2/h5-14,33H,3-4H2,1-2H3,(H,30,34)(H,35,36,37). The monoisotopic (exact) mass is 587 g/mol. The topological polar surface area (TPSA) is 138 Å². The maximum absolute atomic E-state index is 13.2. The summed E-state index contributed by atoms with van der Waals surface area (Å²) >= 11 is 12.3. The first kappa shape index (κ1) is 28.3. The first-order chi connectivity index (χ1) is 18.5. The minimum atomic E-state index is -4.55. The van der Waals surface area contributed by atoms with E-state index in [1.165, 1.54) is 18.2 Å². The van der Waals surface area contributed by atoms with Gasteiger partial charge in [0.05, 0.1) is 22.9 Å². The average molecular weight is 588 g/mol. The van der Waals surface area contributed by atoms with Crippen LogP contribution in [0.1, 0.15) is 29.8 Å². The molecule has 0 bridgehead atoms. The summed E-state index contributed by atoms with van der Waals surface area (Å²) < 4.78 is 38.5. The quantitative estimate of drug-likeness (QED) is 0.142. The fraction of sp³-hybridized carbons (Fsp3) is 0.148. The molecule has 12 heteroatoms. The summed E-state index contributed by atoms with van der Waals surface area (Å²) in [4.78, 5) is 12.8. The molecule has 0 saturated carbocycles. The Labute approximate surface area is 234 Å². The number of fused-ring (bicyclic) bond motifs is 1. The number of halogens is 2. The van der Waals surface area contributed by atoms with E-state index in [0.717, 1.165) is 0 Å². The van der Waals surface area contributed by atoms with Crippen molar-refractivity contribution in [3.8, 4) is 11.5 Å². The van der Waals surface area contributed by atoms with Crippen LogP contribution in [0.25, 0.3) is 10.8 Å². The molecule has 4 rings (SSSR count). The minimum absolute atomic E-state index is 0.0207. The predicted molar refractivity (Wildman–Crippen MR) is 151 cm³/mol. The summed E-state index contributed by atoms with van der Waals surface area (Å²) in [5.41, 5.74) is 0.758. The summed E-state index contributed by atoms with van der Waals surface area (Å²) in [6.07, 6.45) is 0.247. The molecule has 4 aromatic rings. The van der Waals surface area contributed by atoms with Gasteiger partial charge in [0.2, 0.25) is 0 Å². The Hall–Kier alpha value is -3.70. The van der Waals surface area contributed by atoms with Gasteiger partial charge >= 0.3 is 0 Å². The summed E-state index contributed by atoms with van der Waals surface area (Å²) in [5, 5.41) is 23.4. The lowest BCUT2D eigenvalue weighted by molar-refractivity contribution is 0.102. The first-order valence-electron chi connectivity index (χ1n) is 11.7. The number of benzene rings is 4. The zero-order valence-electron chi connectivity index (χ0n) is 20.8. The highest BCUT2D eigenvalue weighted by Crippen LogP contribution is 2.40. The van der Waals surface area contributed by atoms with E-state index in [0.29, 0.717) is 33.8 Å². The molecule has 0 radical (unpaired) electrons. The highest BCUT2D eigenvalue weighted by Gasteiger charge is 2.21. The Balaban J connectivity index is 1.77. The number of nitrogens with zero attached hydrogens (tertiary/aromatic N) is 2. The van der Waals surface area contributed by atoms with Gasteiger partial charge in [-0.2, -0.15) is 13.5 Å². The van der Waals surface area contributed by atoms with Crippen molar-refractivity contribution in [3.05, 3.63) is 81.8 Å². The molecule has 0 atom stereocenters. The summed E-state index contributed by atoms with van der Waals surface area (Å²) in [6.45, 7) is 3.93. The van der Waals surface area contributed by atoms with Crippen LogP contribution in [-0.4, -0.2) is 30.6 Å². The van der Waals surface area contributed by atoms with Crippen molar-refractivity contribution in [2.75, 3.05) is 11.9 Å². The number of hydrogen-bond donors (Lipinski definition) is 3. The number of amides is 1. The zero-order chi connectivity index (χ0) is 28.3. The second-order valence-electron chi connectivity index (χ2n) is 8.35. The van der Waals surface area contributed by atoms with Crippen LogP contribution in [0.4, 0.5) is 17.1 Å². The van der Waals surface area contributed by atoms with Crippen LogP contribution in [0, 0.1) is 0 Å². The molecule has 9 nitrogen and oxygen atoms in total. The van der Waals surface area contributed by atoms with Crippen molar-refractivity contribution < 1.29 is 27.6 Å². The molecule has 0 saturated heterocycles. The van der Waals surface area contributed by atoms with Crippen molar-refractivity contribution in [2.24, 2.45) is 10.2 Å². The van der Waals surface area contributed by atoms with Gasteiger partial charge in [-0.25, -0.2) is 0 Å². The van der Waals surface area contributed by atoms with Gasteiger partial charge in [0.1, 0.15) is 16.3 Å². The van der Waals surface area contributed by atoms with Crippen molar-refractivity contribution >= 4 is 67.1 Å². The maximum atomic E-state index is 13.2. The number of phenolic OH excluding ortho intramolecular Hbond substituents is 1. The van der Waals surface area contributed by atoms with Crippen LogP contribution in [0.2, 0.25) is 10.0 Å². The number of rotatable bonds is 8. The molecular weight excluding hydrogens is 565 g/mol. The first-order valence-corrected chi connectivity index (χ1v) is 13.9. The zero-order valence-corrected chi connectivity index (χ0v) is 23.1. The largest absolute Gasteiger partial charge is 0.505 e. The second kappa shape index (κ2) is 11.6. The van der Waals surface area contributed by atoms with Gasteiger partial charge < -0.3 is 15.2 Å². The molecule has 0 aliphatic carbocycles. The van der Waals surface area contributed by atoms with Crippen molar-refractivity contribution in [3.63, 3.8) is 0 Å². The lowest BCUT2D eigenvalue weighted by atomic mass is 10.0. The van der Waals surface area contributed by atoms with Gasteiger partial charge in [-0.1, -0.05) is 54.4 Å². The molecule has 1 amide bonds. The van der Waals surface area contributed by atoms with Gasteiger partial charge in [-0.05, 0) is 54.6 Å². The van der Waals surface area contributed by atoms with Gasteiger partial charge in [0, 0.05) is 22.2 Å². The van der Waals surface area contributed by atoms with Gasteiger partial charge in [-0.15, -0.1) is 5.11 Å². The Morgan fingerprint density at radius 3 is 2.46 bits per heavy atom. The molecule has 0 aliphatic rings. The number of hydrogen-bond acceptors (Lipinski definition) is 7. The average Bonchev–Trinajstić information content (AvgIpc) is 2.86. The number of aryl methyl sites for hydroxylation is 1. The van der Waals surface area contributed by atoms with Crippen molar-refractivity contribution in [1.82, 2.24) is 0 Å². The molecule has 0 aromatic heterocycles. The maximum Gasteiger partial charge on any atom is 0.296 e. The van der Waals surface area contributed by atoms with Crippen LogP contribution in [0.3, 0.4) is 0 Å². The molecule has 39 heavy (non-hydrogen) atoms. The molecule has 3 N–H and O–H groups in total. The molecule has 202 valence electrons. The van der Waals surface area contributed by atoms with E-state index in [1.807, 2.05) is 6.92 Å². The van der Waals surface area contributed by atoms with Crippen LogP contribution in [0.15, 0.2) is 75.8 Å². The predicted octanol–water partition coefficient (Wildman–Crippen LogP) is 7.73. The Kier molecular flexibility index (Phi) is 8.41. The Morgan fingerprint density at radius 2 is 1.77 bits per heavy atom. The fourth-order valence-corrected chi connectivity index (χ4v) is 5.62. The van der Waals surface area contributed by atoms with Crippen LogP contribution in [0.5, 0.6) is 11.5 Å². The van der Waals surface area contributed by atoms with Gasteiger partial charge in [-0.3, -0.25) is 9.35 Å². The third-order valence-electron chi connectivity index (χ3n) is 5.69. The fourth-order valence-electron chi connectivity index (χ4n) is 4.03. The number of aromatic hydroxyl groups is 1. The number of anilines is 1. The summed E-state index contributed by atoms with van der Waals surface area (Å²) in [7, 11) is -4.55. The van der Waals surface area contributed by atoms with Gasteiger partial charge in [0.15, 0.2) is 5.75 Å². The van der Waals surface area contributed by atoms with Crippen LogP contribution < -0.4 is 10.1 Å². The summed E-state index contributed by atoms with van der Waals surface area (Å²) in [6, 6.07) is 15.9. The third kappa shape index (κ3) is 6.31. The molecule has 0 spiro atoms. The SMILES string of the molecule is CCOc1cc(Cl)cc(NC(=O)c2cc3ccccc3c(N=Nc3cc(Cl)c(S(=O)(=O)O)c(CC)c3)c2O)c1. The number of ether oxygens (including phenoxy) is 1. The van der Waals surface area contributed by atoms with Crippen molar-refractivity contribution in [2.45, 2.75) is 25.2 Å². The normalized spacial score (nSPS) is 11.7. The molecule has 0 unspecified atom stereocenters. The van der Waals surface area contributed by atoms with Crippen LogP contribution in [-0.2, 0) is 16.5 Å². The van der Waals surface area contributed by atoms with Crippen LogP contribution >= 0.6 is 23.2 Å². The van der Waals surface area contributed by atoms with E-state index < -0.39 is 26.7 Å². The molecule has 4 aromatic carbocycles. The second-order valence-corrected chi connectivity index (χ2v) is 10.6. The van der Waals surface area contributed by atoms with E-state index >= 15 is 0 Å². The number of carbonyl (C=O) groups is 1. The third-order valence-corrected chi connectivity index (χ3v) is 7.32. The Bertz CT molecular complexity index is 1720. The number of carbonyl (C=O) groups excluding carboxylic acids is 1. The molecular formula is C27H23Cl2N3O6S. The lowest BCUT2D eigenvalue weighted by Gasteiger charge is -2.12. The number of nitrogens with one attached hydrogen (secondary N) is 1. The number of phenols is 1. The number of azo groups is 1. The smallest absolute Gasteiger partial charge is 0.296 e. The van der Waals surface area contributed by atoms with E-state index in [9.17, 15) is 22.9 Å². The summed E-state index contributed by atoms with van der Waals surface area (Å²) in [5.74, 6) is -0.561. The minimum Gasteiger partial charge on any atom is -0.505 e.